The van der Waals surface area contributed by atoms with Crippen molar-refractivity contribution in [3.8, 4) is 0 Å². The van der Waals surface area contributed by atoms with Gasteiger partial charge in [0.1, 0.15) is 0 Å². The van der Waals surface area contributed by atoms with Crippen LogP contribution < -0.4 is 0 Å². The lowest BCUT2D eigenvalue weighted by Crippen LogP contribution is -2.36. The molecule has 0 spiro atoms. The van der Waals surface area contributed by atoms with Gasteiger partial charge in [-0.25, -0.2) is 4.68 Å². The summed E-state index contributed by atoms with van der Waals surface area (Å²) >= 11 is 0. The van der Waals surface area contributed by atoms with Crippen LogP contribution in [0.15, 0.2) is 0 Å². The molecule has 0 bridgehead atoms. The number of amides is 1. The minimum Gasteiger partial charge on any atom is -0.379 e. The largest absolute Gasteiger partial charge is 0.379 e. The second-order valence-corrected chi connectivity index (χ2v) is 8.89. The zero-order valence-electron chi connectivity index (χ0n) is 18.3. The van der Waals surface area contributed by atoms with E-state index in [4.69, 9.17) is 4.74 Å². The van der Waals surface area contributed by atoms with E-state index in [0.717, 1.165) is 71.3 Å². The monoisotopic (exact) mass is 407 g/mol. The van der Waals surface area contributed by atoms with Crippen LogP contribution in [0.1, 0.15) is 38.9 Å². The van der Waals surface area contributed by atoms with Gasteiger partial charge in [-0.15, -0.1) is 5.10 Å². The molecule has 0 radical (unpaired) electrons. The molecule has 0 aliphatic carbocycles. The normalized spacial score (nSPS) is 21.2. The van der Waals surface area contributed by atoms with Crippen LogP contribution in [0.5, 0.6) is 0 Å². The molecule has 1 unspecified atom stereocenters. The molecule has 1 aromatic rings. The van der Waals surface area contributed by atoms with Crippen LogP contribution in [-0.2, 0) is 22.6 Å². The van der Waals surface area contributed by atoms with Gasteiger partial charge in [-0.3, -0.25) is 9.69 Å². The number of nitrogens with zero attached hydrogens (tertiary/aromatic N) is 7. The highest BCUT2D eigenvalue weighted by molar-refractivity contribution is 5.75. The van der Waals surface area contributed by atoms with Gasteiger partial charge >= 0.3 is 0 Å². The fourth-order valence-electron chi connectivity index (χ4n) is 4.27. The Morgan fingerprint density at radius 3 is 2.79 bits per heavy atom. The Balaban J connectivity index is 1.36. The highest BCUT2D eigenvalue weighted by atomic mass is 16.5. The van der Waals surface area contributed by atoms with E-state index in [1.807, 2.05) is 16.6 Å². The van der Waals surface area contributed by atoms with Crippen molar-refractivity contribution >= 4 is 5.91 Å². The molecule has 9 heteroatoms. The summed E-state index contributed by atoms with van der Waals surface area (Å²) in [5.41, 5.74) is 0. The molecule has 0 N–H and O–H groups in total. The van der Waals surface area contributed by atoms with E-state index in [2.05, 4.69) is 39.2 Å². The fourth-order valence-corrected chi connectivity index (χ4v) is 4.27. The maximum absolute atomic E-state index is 12.5. The summed E-state index contributed by atoms with van der Waals surface area (Å²) in [6.07, 6.45) is 2.49. The number of ether oxygens (including phenoxy) is 1. The standard InChI is InChI=1S/C20H37N7O2/c1-17(2)13-26-8-6-18(15-26)14-24(3)20(28)5-4-7-27-19(21-22-23-27)16-25-9-11-29-12-10-25/h17-18H,4-16H2,1-3H3. The minimum atomic E-state index is 0.218. The maximum atomic E-state index is 12.5. The van der Waals surface area contributed by atoms with Crippen molar-refractivity contribution < 1.29 is 9.53 Å². The SMILES string of the molecule is CC(C)CN1CCC(CN(C)C(=O)CCCn2nnnc2CN2CCOCC2)C1. The lowest BCUT2D eigenvalue weighted by atomic mass is 10.1. The quantitative estimate of drug-likeness (QED) is 0.565. The molecular formula is C20H37N7O2. The highest BCUT2D eigenvalue weighted by Gasteiger charge is 2.25. The average Bonchev–Trinajstić information content (AvgIpc) is 3.31. The molecule has 3 rings (SSSR count). The Bertz CT molecular complexity index is 630. The lowest BCUT2D eigenvalue weighted by Gasteiger charge is -2.25. The van der Waals surface area contributed by atoms with Crippen molar-refractivity contribution in [3.05, 3.63) is 5.82 Å². The number of aromatic nitrogens is 4. The van der Waals surface area contributed by atoms with E-state index < -0.39 is 0 Å². The molecule has 2 fully saturated rings. The van der Waals surface area contributed by atoms with Crippen LogP contribution in [-0.4, -0.2) is 100 Å². The predicted octanol–water partition coefficient (Wildman–Crippen LogP) is 0.722. The molecule has 2 saturated heterocycles. The number of carbonyl (C=O) groups excluding carboxylic acids is 1. The van der Waals surface area contributed by atoms with Crippen LogP contribution >= 0.6 is 0 Å². The summed E-state index contributed by atoms with van der Waals surface area (Å²) < 4.78 is 7.22. The number of hydrogen-bond acceptors (Lipinski definition) is 7. The first-order valence-corrected chi connectivity index (χ1v) is 11.0. The average molecular weight is 408 g/mol. The van der Waals surface area contributed by atoms with Crippen molar-refractivity contribution in [2.75, 3.05) is 59.5 Å². The topological polar surface area (TPSA) is 79.6 Å². The van der Waals surface area contributed by atoms with E-state index in [0.29, 0.717) is 24.8 Å². The van der Waals surface area contributed by atoms with E-state index in [-0.39, 0.29) is 5.91 Å². The summed E-state index contributed by atoms with van der Waals surface area (Å²) in [5, 5.41) is 12.1. The molecule has 9 nitrogen and oxygen atoms in total. The van der Waals surface area contributed by atoms with Crippen molar-refractivity contribution in [1.82, 2.24) is 34.9 Å². The molecule has 29 heavy (non-hydrogen) atoms. The molecule has 1 amide bonds. The Morgan fingerprint density at radius 2 is 2.03 bits per heavy atom. The maximum Gasteiger partial charge on any atom is 0.222 e. The van der Waals surface area contributed by atoms with Gasteiger partial charge in [-0.1, -0.05) is 13.8 Å². The van der Waals surface area contributed by atoms with Crippen LogP contribution in [0, 0.1) is 11.8 Å². The first-order chi connectivity index (χ1) is 14.0. The van der Waals surface area contributed by atoms with Crippen LogP contribution in [0.4, 0.5) is 0 Å². The third kappa shape index (κ3) is 7.01. The van der Waals surface area contributed by atoms with Gasteiger partial charge in [-0.2, -0.15) is 0 Å². The molecule has 1 atom stereocenters. The second kappa shape index (κ2) is 11.0. The van der Waals surface area contributed by atoms with E-state index in [1.54, 1.807) is 0 Å². The zero-order valence-corrected chi connectivity index (χ0v) is 18.3. The smallest absolute Gasteiger partial charge is 0.222 e. The number of hydrogen-bond donors (Lipinski definition) is 0. The van der Waals surface area contributed by atoms with E-state index >= 15 is 0 Å². The Morgan fingerprint density at radius 1 is 1.24 bits per heavy atom. The molecule has 3 heterocycles. The molecule has 0 aromatic carbocycles. The fraction of sp³-hybridized carbons (Fsp3) is 0.900. The summed E-state index contributed by atoms with van der Waals surface area (Å²) in [6.45, 7) is 13.6. The summed E-state index contributed by atoms with van der Waals surface area (Å²) in [5.74, 6) is 2.38. The van der Waals surface area contributed by atoms with Crippen LogP contribution in [0.25, 0.3) is 0 Å². The number of carbonyl (C=O) groups is 1. The van der Waals surface area contributed by atoms with Gasteiger partial charge in [-0.05, 0) is 41.6 Å². The number of likely N-dealkylation sites (tertiary alicyclic amines) is 1. The molecule has 1 aromatic heterocycles. The van der Waals surface area contributed by atoms with Gasteiger partial charge in [0.15, 0.2) is 5.82 Å². The van der Waals surface area contributed by atoms with Gasteiger partial charge in [0.25, 0.3) is 0 Å². The van der Waals surface area contributed by atoms with Crippen molar-refractivity contribution in [1.29, 1.82) is 0 Å². The van der Waals surface area contributed by atoms with Crippen molar-refractivity contribution in [2.45, 2.75) is 46.2 Å². The summed E-state index contributed by atoms with van der Waals surface area (Å²) in [7, 11) is 1.94. The van der Waals surface area contributed by atoms with Crippen molar-refractivity contribution in [3.63, 3.8) is 0 Å². The highest BCUT2D eigenvalue weighted by Crippen LogP contribution is 2.18. The first kappa shape index (κ1) is 22.1. The van der Waals surface area contributed by atoms with Gasteiger partial charge in [0.2, 0.25) is 5.91 Å². The Hall–Kier alpha value is -1.58. The van der Waals surface area contributed by atoms with Crippen molar-refractivity contribution in [2.24, 2.45) is 11.8 Å². The van der Waals surface area contributed by atoms with Gasteiger partial charge in [0, 0.05) is 52.7 Å². The van der Waals surface area contributed by atoms with Gasteiger partial charge in [0.05, 0.1) is 19.8 Å². The Kier molecular flexibility index (Phi) is 8.38. The first-order valence-electron chi connectivity index (χ1n) is 11.0. The number of tetrazole rings is 1. The number of rotatable bonds is 10. The van der Waals surface area contributed by atoms with E-state index in [9.17, 15) is 4.79 Å². The summed E-state index contributed by atoms with van der Waals surface area (Å²) in [6, 6.07) is 0. The minimum absolute atomic E-state index is 0.218. The number of aryl methyl sites for hydroxylation is 1. The molecule has 164 valence electrons. The van der Waals surface area contributed by atoms with Gasteiger partial charge < -0.3 is 14.5 Å². The predicted molar refractivity (Wildman–Crippen MR) is 110 cm³/mol. The molecular weight excluding hydrogens is 370 g/mol. The number of morpholine rings is 1. The van der Waals surface area contributed by atoms with Crippen LogP contribution in [0.3, 0.4) is 0 Å². The molecule has 2 aliphatic rings. The molecule has 2 aliphatic heterocycles. The second-order valence-electron chi connectivity index (χ2n) is 8.89. The third-order valence-corrected chi connectivity index (χ3v) is 5.79. The summed E-state index contributed by atoms with van der Waals surface area (Å²) in [4.78, 5) is 19.3. The zero-order chi connectivity index (χ0) is 20.6. The lowest BCUT2D eigenvalue weighted by molar-refractivity contribution is -0.130. The van der Waals surface area contributed by atoms with Crippen LogP contribution in [0.2, 0.25) is 0 Å². The Labute approximate surface area is 174 Å². The van der Waals surface area contributed by atoms with E-state index in [1.165, 1.54) is 6.42 Å². The third-order valence-electron chi connectivity index (χ3n) is 5.79. The molecule has 0 saturated carbocycles.